The molecule has 1 aromatic heterocycles. The minimum Gasteiger partial charge on any atom is -0.378 e. The number of fused-ring (bicyclic) bond motifs is 1. The van der Waals surface area contributed by atoms with Crippen molar-refractivity contribution in [2.75, 3.05) is 47.9 Å². The van der Waals surface area contributed by atoms with Crippen molar-refractivity contribution in [2.24, 2.45) is 0 Å². The topological polar surface area (TPSA) is 91.8 Å². The van der Waals surface area contributed by atoms with E-state index in [-0.39, 0.29) is 17.2 Å². The number of hydrogen-bond donors (Lipinski definition) is 1. The van der Waals surface area contributed by atoms with E-state index in [1.54, 1.807) is 47.5 Å². The zero-order chi connectivity index (χ0) is 22.3. The van der Waals surface area contributed by atoms with Gasteiger partial charge < -0.3 is 14.5 Å². The van der Waals surface area contributed by atoms with Crippen LogP contribution in [0.5, 0.6) is 0 Å². The molecule has 32 heavy (non-hydrogen) atoms. The number of morpholine rings is 1. The summed E-state index contributed by atoms with van der Waals surface area (Å²) < 4.78 is 33.7. The SMILES string of the molecule is CN1C(=O)Cc2cc(S(=O)(=O)Nc3ccc(-c4csc(N5CCOCC5)n4)cc3)ccc21. The second kappa shape index (κ2) is 8.19. The van der Waals surface area contributed by atoms with Crippen LogP contribution in [0.15, 0.2) is 52.7 Å². The first-order valence-electron chi connectivity index (χ1n) is 10.2. The van der Waals surface area contributed by atoms with Gasteiger partial charge in [-0.25, -0.2) is 13.4 Å². The van der Waals surface area contributed by atoms with Crippen LogP contribution < -0.4 is 14.5 Å². The van der Waals surface area contributed by atoms with Gasteiger partial charge in [0.1, 0.15) is 0 Å². The zero-order valence-electron chi connectivity index (χ0n) is 17.4. The molecule has 0 spiro atoms. The van der Waals surface area contributed by atoms with Gasteiger partial charge in [0.25, 0.3) is 10.0 Å². The maximum atomic E-state index is 12.9. The Morgan fingerprint density at radius 2 is 1.84 bits per heavy atom. The Hall–Kier alpha value is -2.95. The van der Waals surface area contributed by atoms with Crippen LogP contribution in [-0.4, -0.2) is 52.7 Å². The monoisotopic (exact) mass is 470 g/mol. The lowest BCUT2D eigenvalue weighted by Crippen LogP contribution is -2.36. The normalized spacial score (nSPS) is 16.3. The van der Waals surface area contributed by atoms with Crippen molar-refractivity contribution < 1.29 is 17.9 Å². The highest BCUT2D eigenvalue weighted by atomic mass is 32.2. The van der Waals surface area contributed by atoms with E-state index in [0.29, 0.717) is 18.9 Å². The quantitative estimate of drug-likeness (QED) is 0.617. The third-order valence-corrected chi connectivity index (χ3v) is 7.93. The Kier molecular flexibility index (Phi) is 5.36. The van der Waals surface area contributed by atoms with Crippen molar-refractivity contribution in [1.82, 2.24) is 4.98 Å². The maximum Gasteiger partial charge on any atom is 0.261 e. The molecule has 1 N–H and O–H groups in total. The zero-order valence-corrected chi connectivity index (χ0v) is 19.1. The van der Waals surface area contributed by atoms with Crippen LogP contribution in [0.25, 0.3) is 11.3 Å². The highest BCUT2D eigenvalue weighted by Gasteiger charge is 2.26. The summed E-state index contributed by atoms with van der Waals surface area (Å²) in [4.78, 5) is 20.5. The molecule has 2 aliphatic heterocycles. The van der Waals surface area contributed by atoms with Crippen molar-refractivity contribution >= 4 is 43.8 Å². The van der Waals surface area contributed by atoms with E-state index in [9.17, 15) is 13.2 Å². The molecule has 1 fully saturated rings. The van der Waals surface area contributed by atoms with E-state index in [4.69, 9.17) is 9.72 Å². The molecule has 8 nitrogen and oxygen atoms in total. The van der Waals surface area contributed by atoms with Crippen molar-refractivity contribution in [2.45, 2.75) is 11.3 Å². The number of carbonyl (C=O) groups is 1. The number of ether oxygens (including phenoxy) is 1. The van der Waals surface area contributed by atoms with Crippen LogP contribution in [0, 0.1) is 0 Å². The Bertz CT molecular complexity index is 1270. The fraction of sp³-hybridized carbons (Fsp3) is 0.273. The number of carbonyl (C=O) groups excluding carboxylic acids is 1. The second-order valence-corrected chi connectivity index (χ2v) is 10.2. The number of hydrogen-bond acceptors (Lipinski definition) is 7. The first-order chi connectivity index (χ1) is 15.4. The average molecular weight is 471 g/mol. The molecule has 1 amide bonds. The third-order valence-electron chi connectivity index (χ3n) is 5.64. The smallest absolute Gasteiger partial charge is 0.261 e. The summed E-state index contributed by atoms with van der Waals surface area (Å²) in [5.74, 6) is -0.0445. The largest absolute Gasteiger partial charge is 0.378 e. The van der Waals surface area contributed by atoms with Gasteiger partial charge in [-0.3, -0.25) is 9.52 Å². The van der Waals surface area contributed by atoms with Gasteiger partial charge in [0.05, 0.1) is 30.2 Å². The van der Waals surface area contributed by atoms with E-state index < -0.39 is 10.0 Å². The minimum absolute atomic E-state index is 0.0445. The number of nitrogens with zero attached hydrogens (tertiary/aromatic N) is 3. The number of amides is 1. The van der Waals surface area contributed by atoms with Crippen LogP contribution in [0.2, 0.25) is 0 Å². The molecule has 0 saturated carbocycles. The summed E-state index contributed by atoms with van der Waals surface area (Å²) in [6.07, 6.45) is 0.212. The Morgan fingerprint density at radius 3 is 2.59 bits per heavy atom. The van der Waals surface area contributed by atoms with Gasteiger partial charge in [0, 0.05) is 42.5 Å². The van der Waals surface area contributed by atoms with Gasteiger partial charge in [-0.1, -0.05) is 12.1 Å². The summed E-state index contributed by atoms with van der Waals surface area (Å²) in [6.45, 7) is 3.09. The number of sulfonamides is 1. The van der Waals surface area contributed by atoms with Gasteiger partial charge in [0.15, 0.2) is 5.13 Å². The number of aromatic nitrogens is 1. The molecule has 0 radical (unpaired) electrons. The lowest BCUT2D eigenvalue weighted by atomic mass is 10.1. The average Bonchev–Trinajstić information content (AvgIpc) is 3.40. The van der Waals surface area contributed by atoms with E-state index in [1.807, 2.05) is 17.5 Å². The Labute approximate surface area is 190 Å². The molecule has 0 atom stereocenters. The first kappa shape index (κ1) is 20.9. The molecule has 0 unspecified atom stereocenters. The molecule has 166 valence electrons. The number of nitrogens with one attached hydrogen (secondary N) is 1. The Balaban J connectivity index is 1.31. The highest BCUT2D eigenvalue weighted by molar-refractivity contribution is 7.92. The molecule has 2 aliphatic rings. The fourth-order valence-electron chi connectivity index (χ4n) is 3.83. The van der Waals surface area contributed by atoms with Gasteiger partial charge in [0.2, 0.25) is 5.91 Å². The van der Waals surface area contributed by atoms with Crippen molar-refractivity contribution in [3.05, 3.63) is 53.4 Å². The van der Waals surface area contributed by atoms with Crippen molar-refractivity contribution in [3.8, 4) is 11.3 Å². The second-order valence-electron chi connectivity index (χ2n) is 7.72. The maximum absolute atomic E-state index is 12.9. The van der Waals surface area contributed by atoms with Crippen LogP contribution >= 0.6 is 11.3 Å². The standard InChI is InChI=1S/C22H22N4O4S2/c1-25-20-7-6-18(12-16(20)13-21(25)27)32(28,29)24-17-4-2-15(3-5-17)19-14-31-22(23-19)26-8-10-30-11-9-26/h2-7,12,14,24H,8-11,13H2,1H3. The van der Waals surface area contributed by atoms with E-state index in [1.165, 1.54) is 6.07 Å². The van der Waals surface area contributed by atoms with Gasteiger partial charge in [-0.2, -0.15) is 0 Å². The predicted molar refractivity (Wildman–Crippen MR) is 125 cm³/mol. The van der Waals surface area contributed by atoms with Gasteiger partial charge in [-0.05, 0) is 35.9 Å². The van der Waals surface area contributed by atoms with Gasteiger partial charge in [-0.15, -0.1) is 11.3 Å². The van der Waals surface area contributed by atoms with Crippen LogP contribution in [0.1, 0.15) is 5.56 Å². The molecule has 10 heteroatoms. The molecule has 3 aromatic rings. The fourth-order valence-corrected chi connectivity index (χ4v) is 5.83. The predicted octanol–water partition coefficient (Wildman–Crippen LogP) is 2.97. The summed E-state index contributed by atoms with van der Waals surface area (Å²) in [5.41, 5.74) is 3.71. The van der Waals surface area contributed by atoms with E-state index in [2.05, 4.69) is 9.62 Å². The number of rotatable bonds is 5. The minimum atomic E-state index is -3.77. The van der Waals surface area contributed by atoms with Crippen LogP contribution in [0.4, 0.5) is 16.5 Å². The molecular weight excluding hydrogens is 448 g/mol. The number of benzene rings is 2. The summed E-state index contributed by atoms with van der Waals surface area (Å²) in [7, 11) is -2.08. The lowest BCUT2D eigenvalue weighted by Gasteiger charge is -2.26. The molecular formula is C22H22N4O4S2. The molecule has 1 saturated heterocycles. The number of anilines is 3. The number of thiazole rings is 1. The molecule has 2 aromatic carbocycles. The van der Waals surface area contributed by atoms with E-state index >= 15 is 0 Å². The molecule has 3 heterocycles. The van der Waals surface area contributed by atoms with Gasteiger partial charge >= 0.3 is 0 Å². The Morgan fingerprint density at radius 1 is 1.09 bits per heavy atom. The van der Waals surface area contributed by atoms with Crippen molar-refractivity contribution in [1.29, 1.82) is 0 Å². The summed E-state index contributed by atoms with van der Waals surface area (Å²) in [6, 6.07) is 11.9. The molecule has 5 rings (SSSR count). The summed E-state index contributed by atoms with van der Waals surface area (Å²) >= 11 is 1.59. The first-order valence-corrected chi connectivity index (χ1v) is 12.6. The molecule has 0 aliphatic carbocycles. The summed E-state index contributed by atoms with van der Waals surface area (Å²) in [5, 5.41) is 2.97. The number of likely N-dealkylation sites (N-methyl/N-ethyl adjacent to an activating group) is 1. The van der Waals surface area contributed by atoms with E-state index in [0.717, 1.165) is 40.7 Å². The molecule has 0 bridgehead atoms. The lowest BCUT2D eigenvalue weighted by molar-refractivity contribution is -0.117. The van der Waals surface area contributed by atoms with Crippen LogP contribution in [-0.2, 0) is 26.0 Å². The van der Waals surface area contributed by atoms with Crippen molar-refractivity contribution in [3.63, 3.8) is 0 Å². The highest BCUT2D eigenvalue weighted by Crippen LogP contribution is 2.31. The third kappa shape index (κ3) is 3.96. The van der Waals surface area contributed by atoms with Crippen LogP contribution in [0.3, 0.4) is 0 Å².